The lowest BCUT2D eigenvalue weighted by molar-refractivity contribution is -0.0792. The molecule has 0 amide bonds. The molecule has 0 aliphatic carbocycles. The normalized spacial score (nSPS) is 50.9. The van der Waals surface area contributed by atoms with Crippen molar-refractivity contribution >= 4 is 15.4 Å². The summed E-state index contributed by atoms with van der Waals surface area (Å²) >= 11 is 0. The molecule has 1 aliphatic heterocycles. The lowest BCUT2D eigenvalue weighted by Crippen LogP contribution is -2.39. The van der Waals surface area contributed by atoms with E-state index in [9.17, 15) is 9.46 Å². The highest BCUT2D eigenvalue weighted by molar-refractivity contribution is 7.51. The maximum absolute atomic E-state index is 11.5. The van der Waals surface area contributed by atoms with Gasteiger partial charge < -0.3 is 14.2 Å². The zero-order chi connectivity index (χ0) is 14.4. The number of ether oxygens (including phenoxy) is 1. The zero-order valence-electron chi connectivity index (χ0n) is 12.2. The zero-order valence-corrected chi connectivity index (χ0v) is 12.1. The summed E-state index contributed by atoms with van der Waals surface area (Å²) in [6.45, 7) is 8.05. The van der Waals surface area contributed by atoms with E-state index in [-0.39, 0.29) is 0 Å². The summed E-state index contributed by atoms with van der Waals surface area (Å²) in [5.74, 6) is -1.30. The van der Waals surface area contributed by atoms with Crippen molar-refractivity contribution in [3.63, 3.8) is 0 Å². The molecule has 0 bridgehead atoms. The standard InChI is InChI=1S/C11H22BO4P/c1-6-7-10(3)9(15-17(5,13)14)8(2)11(4,12)16-10/h8-9H,6-7H2,1-5H3,(H,13,14)/t8-,9?,10-,11?/m0/s1/i8D. The van der Waals surface area contributed by atoms with Gasteiger partial charge in [0.2, 0.25) is 0 Å². The molecule has 5 atom stereocenters. The largest absolute Gasteiger partial charge is 0.376 e. The van der Waals surface area contributed by atoms with Crippen LogP contribution in [0.3, 0.4) is 0 Å². The van der Waals surface area contributed by atoms with Gasteiger partial charge in [0.15, 0.2) is 0 Å². The Balaban J connectivity index is 3.17. The Labute approximate surface area is 106 Å². The summed E-state index contributed by atoms with van der Waals surface area (Å²) in [7, 11) is 2.30. The Morgan fingerprint density at radius 3 is 2.59 bits per heavy atom. The summed E-state index contributed by atoms with van der Waals surface area (Å²) in [4.78, 5) is 9.43. The lowest BCUT2D eigenvalue weighted by Gasteiger charge is -2.32. The second-order valence-electron chi connectivity index (χ2n) is 5.24. The van der Waals surface area contributed by atoms with E-state index in [1.807, 2.05) is 6.92 Å². The van der Waals surface area contributed by atoms with Crippen molar-refractivity contribution in [2.75, 3.05) is 6.66 Å². The number of hydrogen-bond donors (Lipinski definition) is 1. The summed E-state index contributed by atoms with van der Waals surface area (Å²) in [5.41, 5.74) is -2.06. The number of rotatable bonds is 4. The average Bonchev–Trinajstić information content (AvgIpc) is 2.22. The minimum Gasteiger partial charge on any atom is -0.376 e. The van der Waals surface area contributed by atoms with Crippen LogP contribution in [0.1, 0.15) is 41.9 Å². The molecule has 1 heterocycles. The SMILES string of the molecule is [2H][C@]1(C)C(OP(C)(=O)O)[C@](C)(CCC)OC1([B])C. The molecule has 1 rings (SSSR count). The molecule has 1 aliphatic rings. The fourth-order valence-corrected chi connectivity index (χ4v) is 3.17. The second kappa shape index (κ2) is 4.69. The molecule has 17 heavy (non-hydrogen) atoms. The van der Waals surface area contributed by atoms with Gasteiger partial charge in [-0.2, -0.15) is 0 Å². The van der Waals surface area contributed by atoms with E-state index in [1.165, 1.54) is 0 Å². The molecule has 6 heteroatoms. The molecule has 98 valence electrons. The van der Waals surface area contributed by atoms with Crippen molar-refractivity contribution in [3.05, 3.63) is 0 Å². The van der Waals surface area contributed by atoms with Gasteiger partial charge in [0, 0.05) is 19.4 Å². The Morgan fingerprint density at radius 2 is 2.18 bits per heavy atom. The monoisotopic (exact) mass is 261 g/mol. The van der Waals surface area contributed by atoms with Crippen LogP contribution in [0.2, 0.25) is 0 Å². The first kappa shape index (κ1) is 13.6. The van der Waals surface area contributed by atoms with Crippen molar-refractivity contribution < 1.29 is 20.1 Å². The summed E-state index contributed by atoms with van der Waals surface area (Å²) in [6, 6.07) is 0. The molecule has 2 radical (unpaired) electrons. The second-order valence-corrected chi connectivity index (χ2v) is 7.06. The van der Waals surface area contributed by atoms with Crippen LogP contribution in [0.5, 0.6) is 0 Å². The molecule has 1 fully saturated rings. The molecule has 0 aromatic carbocycles. The molecule has 0 aromatic heterocycles. The summed E-state index contributed by atoms with van der Waals surface area (Å²) < 4.78 is 30.9. The Bertz CT molecular complexity index is 368. The van der Waals surface area contributed by atoms with Gasteiger partial charge in [-0.3, -0.25) is 4.57 Å². The van der Waals surface area contributed by atoms with Crippen LogP contribution in [0.25, 0.3) is 0 Å². The van der Waals surface area contributed by atoms with Gasteiger partial charge in [0.1, 0.15) is 14.0 Å². The van der Waals surface area contributed by atoms with Gasteiger partial charge in [-0.1, -0.05) is 20.3 Å². The first-order chi connectivity index (χ1) is 7.86. The van der Waals surface area contributed by atoms with Crippen molar-refractivity contribution in [2.24, 2.45) is 5.89 Å². The van der Waals surface area contributed by atoms with Crippen LogP contribution in [-0.2, 0) is 13.8 Å². The molecule has 1 N–H and O–H groups in total. The van der Waals surface area contributed by atoms with E-state index in [0.717, 1.165) is 13.1 Å². The Kier molecular flexibility index (Phi) is 3.75. The highest BCUT2D eigenvalue weighted by Crippen LogP contribution is 2.51. The quantitative estimate of drug-likeness (QED) is 0.623. The van der Waals surface area contributed by atoms with Gasteiger partial charge in [0.05, 0.1) is 5.60 Å². The fraction of sp³-hybridized carbons (Fsp3) is 1.00. The van der Waals surface area contributed by atoms with Crippen molar-refractivity contribution in [1.29, 1.82) is 0 Å². The van der Waals surface area contributed by atoms with Crippen LogP contribution in [0.15, 0.2) is 0 Å². The van der Waals surface area contributed by atoms with Gasteiger partial charge in [0.25, 0.3) is 0 Å². The summed E-state index contributed by atoms with van der Waals surface area (Å²) in [6.07, 6.45) is 0.571. The van der Waals surface area contributed by atoms with Crippen LogP contribution in [-0.4, -0.2) is 36.6 Å². The molecule has 1 saturated heterocycles. The third-order valence-electron chi connectivity index (χ3n) is 3.22. The molecule has 4 nitrogen and oxygen atoms in total. The van der Waals surface area contributed by atoms with E-state index < -0.39 is 30.7 Å². The van der Waals surface area contributed by atoms with Gasteiger partial charge in [-0.05, 0) is 20.3 Å². The highest BCUT2D eigenvalue weighted by atomic mass is 31.2. The fourth-order valence-electron chi connectivity index (χ4n) is 2.40. The summed E-state index contributed by atoms with van der Waals surface area (Å²) in [5, 5.41) is 0. The van der Waals surface area contributed by atoms with Gasteiger partial charge in [-0.25, -0.2) is 0 Å². The predicted octanol–water partition coefficient (Wildman–Crippen LogP) is 2.30. The molecule has 3 unspecified atom stereocenters. The molecular weight excluding hydrogens is 238 g/mol. The van der Waals surface area contributed by atoms with Crippen molar-refractivity contribution in [1.82, 2.24) is 0 Å². The molecule has 0 spiro atoms. The topological polar surface area (TPSA) is 55.8 Å². The van der Waals surface area contributed by atoms with E-state index in [4.69, 9.17) is 18.5 Å². The number of hydrogen-bond acceptors (Lipinski definition) is 3. The maximum atomic E-state index is 11.5. The van der Waals surface area contributed by atoms with Gasteiger partial charge in [-0.15, -0.1) is 0 Å². The first-order valence-electron chi connectivity index (χ1n) is 6.33. The van der Waals surface area contributed by atoms with E-state index in [0.29, 0.717) is 6.42 Å². The third-order valence-corrected chi connectivity index (χ3v) is 3.83. The predicted molar refractivity (Wildman–Crippen MR) is 68.3 cm³/mol. The maximum Gasteiger partial charge on any atom is 0.325 e. The third kappa shape index (κ3) is 3.34. The lowest BCUT2D eigenvalue weighted by atomic mass is 9.72. The Hall–Kier alpha value is 0.175. The van der Waals surface area contributed by atoms with Crippen molar-refractivity contribution in [3.8, 4) is 0 Å². The molecule has 0 aromatic rings. The minimum absolute atomic E-state index is 0.610. The van der Waals surface area contributed by atoms with Crippen LogP contribution < -0.4 is 0 Å². The Morgan fingerprint density at radius 1 is 1.65 bits per heavy atom. The van der Waals surface area contributed by atoms with Gasteiger partial charge >= 0.3 is 7.60 Å². The smallest absolute Gasteiger partial charge is 0.325 e. The van der Waals surface area contributed by atoms with E-state index >= 15 is 0 Å². The highest BCUT2D eigenvalue weighted by Gasteiger charge is 2.55. The minimum atomic E-state index is -3.71. The molecular formula is C11H22BO4P. The first-order valence-corrected chi connectivity index (χ1v) is 7.86. The van der Waals surface area contributed by atoms with Crippen LogP contribution in [0, 0.1) is 5.89 Å². The average molecular weight is 261 g/mol. The van der Waals surface area contributed by atoms with Crippen molar-refractivity contribution in [2.45, 2.75) is 57.7 Å². The van der Waals surface area contributed by atoms with Crippen LogP contribution >= 0.6 is 7.60 Å². The molecule has 0 saturated carbocycles. The van der Waals surface area contributed by atoms with E-state index in [2.05, 4.69) is 0 Å². The van der Waals surface area contributed by atoms with Crippen LogP contribution in [0.4, 0.5) is 0 Å². The van der Waals surface area contributed by atoms with E-state index in [1.54, 1.807) is 20.8 Å².